The number of likely N-dealkylation sites (tertiary alicyclic amines) is 5. The molecule has 142 heavy (non-hydrogen) atoms. The number of aromatic nitrogens is 10. The molecule has 0 amide bonds. The van der Waals surface area contributed by atoms with E-state index in [1.54, 1.807) is 0 Å². The Labute approximate surface area is 835 Å². The van der Waals surface area contributed by atoms with Gasteiger partial charge < -0.3 is 28.4 Å². The summed E-state index contributed by atoms with van der Waals surface area (Å²) in [6, 6.07) is 80.8. The van der Waals surface area contributed by atoms with E-state index in [4.69, 9.17) is 28.4 Å². The van der Waals surface area contributed by atoms with Gasteiger partial charge >= 0.3 is 0 Å². The second-order valence-corrected chi connectivity index (χ2v) is 39.5. The molecule has 0 unspecified atom stereocenters. The monoisotopic (exact) mass is 1890 g/mol. The molecule has 25 rings (SSSR count). The van der Waals surface area contributed by atoms with Crippen LogP contribution in [0.25, 0.3) is 55.8 Å². The molecule has 0 saturated carbocycles. The van der Waals surface area contributed by atoms with Crippen molar-refractivity contribution in [3.63, 3.8) is 0 Å². The molecule has 6 aromatic carbocycles. The van der Waals surface area contributed by atoms with Crippen LogP contribution in [0, 0.1) is 41.5 Å². The van der Waals surface area contributed by atoms with Gasteiger partial charge in [-0.1, -0.05) is 140 Å². The maximum atomic E-state index is 5.80. The van der Waals surface area contributed by atoms with E-state index >= 15 is 0 Å². The summed E-state index contributed by atoms with van der Waals surface area (Å²) in [7, 11) is 0. The molecule has 5 fully saturated rings. The second kappa shape index (κ2) is 44.2. The van der Waals surface area contributed by atoms with E-state index in [2.05, 4.69) is 311 Å². The Balaban J connectivity index is 0.000000105. The summed E-state index contributed by atoms with van der Waals surface area (Å²) in [4.78, 5) is 57.8. The van der Waals surface area contributed by atoms with E-state index in [1.807, 2.05) is 72.4 Å². The number of pyridine rings is 8. The molecule has 15 aromatic rings. The molecule has 0 bridgehead atoms. The van der Waals surface area contributed by atoms with Crippen molar-refractivity contribution in [2.75, 3.05) is 72.4 Å². The van der Waals surface area contributed by atoms with Crippen LogP contribution in [0.5, 0.6) is 34.5 Å². The van der Waals surface area contributed by atoms with Crippen molar-refractivity contribution < 1.29 is 28.4 Å². The van der Waals surface area contributed by atoms with Gasteiger partial charge in [0.1, 0.15) is 42.0 Å². The summed E-state index contributed by atoms with van der Waals surface area (Å²) >= 11 is 0. The SMILES string of the molecule is Cc1cc(-c2ccc(CN3CCC[C@@H]3c3ccc4c(c3)OCCO4)cc2)nc(C)n1.Cc1cc(-c2ccc(CN3CCC[C@@H]3c3cnc4c(c3)OCC4)cc2)ccn1.Cc1cc(-c2ccc(CN3CCC[C@H]3c3cnc4c(c3)OCC4)cc2)ccn1.Cc1ccc(-c2ccc(CN3CCC[C@@H]3c3cnc4c(c3)OCC4)cc2)cn1.Cc1ccc(-c2ccc(CN3CCC[C@H]3c3cnc4c(c3)OCC4)cc2)cn1. The topological polar surface area (TPSA) is 200 Å². The van der Waals surface area contributed by atoms with Crippen molar-refractivity contribution in [2.45, 2.75) is 194 Å². The number of rotatable bonds is 20. The van der Waals surface area contributed by atoms with Gasteiger partial charge in [0.15, 0.2) is 11.5 Å². The third kappa shape index (κ3) is 22.9. The lowest BCUT2D eigenvalue weighted by molar-refractivity contribution is 0.170. The molecule has 5 saturated heterocycles. The highest BCUT2D eigenvalue weighted by molar-refractivity contribution is 5.67. The Morgan fingerprint density at radius 1 is 0.232 bits per heavy atom. The van der Waals surface area contributed by atoms with E-state index in [-0.39, 0.29) is 0 Å². The molecule has 5 atom stereocenters. The fourth-order valence-electron chi connectivity index (χ4n) is 22.0. The van der Waals surface area contributed by atoms with Crippen molar-refractivity contribution in [3.05, 3.63) is 381 Å². The summed E-state index contributed by atoms with van der Waals surface area (Å²) in [5, 5.41) is 0. The lowest BCUT2D eigenvalue weighted by Gasteiger charge is -2.26. The van der Waals surface area contributed by atoms with Crippen LogP contribution in [-0.2, 0) is 58.4 Å². The van der Waals surface area contributed by atoms with Crippen molar-refractivity contribution in [1.82, 2.24) is 74.3 Å². The predicted octanol–water partition coefficient (Wildman–Crippen LogP) is 23.8. The highest BCUT2D eigenvalue weighted by atomic mass is 16.6. The summed E-state index contributed by atoms with van der Waals surface area (Å²) in [5.41, 5.74) is 34.7. The molecular weight excluding hydrogens is 1760 g/mol. The Kier molecular flexibility index (Phi) is 29.4. The van der Waals surface area contributed by atoms with Crippen molar-refractivity contribution in [2.24, 2.45) is 0 Å². The number of ether oxygens (including phenoxy) is 6. The number of fused-ring (bicyclic) bond motifs is 5. The van der Waals surface area contributed by atoms with Gasteiger partial charge in [0.25, 0.3) is 0 Å². The fourth-order valence-corrected chi connectivity index (χ4v) is 22.0. The molecule has 9 aromatic heterocycles. The zero-order valence-electron chi connectivity index (χ0n) is 82.7. The summed E-state index contributed by atoms with van der Waals surface area (Å²) < 4.78 is 34.4. The molecule has 0 N–H and O–H groups in total. The predicted molar refractivity (Wildman–Crippen MR) is 558 cm³/mol. The standard InChI is InChI=1S/C25H27N3O2.4C24H25N3O/c1-17-14-22(27-18(2)26-17)20-7-5-19(6-8-20)16-28-11-3-4-23(28)21-9-10-24-25(15-21)30-13-12-29-24;2*1-17-4-7-20(14-25-17)19-8-5-18(6-9-19)16-27-11-2-3-23(27)21-13-24-22(26-15-21)10-12-28-24;2*1-17-13-20(8-10-25-17)19-6-4-18(5-7-19)16-27-11-2-3-23(27)21-14-24-22(26-15-21)9-12-28-24/h5-10,14-15,23H,3-4,11-13,16H2,1-2H3;2*4-9,13-15,23H,2-3,10-12,16H2,1H3;2*4-8,10,13-15,23H,2-3,9,11-12,16H2,1H3/t5*23-/m11010/s1. The van der Waals surface area contributed by atoms with Crippen LogP contribution in [-0.4, -0.2) is 147 Å². The van der Waals surface area contributed by atoms with E-state index < -0.39 is 0 Å². The van der Waals surface area contributed by atoms with Crippen LogP contribution in [0.2, 0.25) is 0 Å². The first-order chi connectivity index (χ1) is 69.7. The Morgan fingerprint density at radius 2 is 0.535 bits per heavy atom. The largest absolute Gasteiger partial charge is 0.491 e. The van der Waals surface area contributed by atoms with Gasteiger partial charge in [-0.2, -0.15) is 0 Å². The minimum absolute atomic E-state index is 0.424. The van der Waals surface area contributed by atoms with Gasteiger partial charge in [-0.15, -0.1) is 0 Å². The van der Waals surface area contributed by atoms with E-state index in [1.165, 1.54) is 164 Å². The van der Waals surface area contributed by atoms with Crippen LogP contribution >= 0.6 is 0 Å². The molecule has 21 nitrogen and oxygen atoms in total. The van der Waals surface area contributed by atoms with Crippen molar-refractivity contribution >= 4 is 0 Å². The summed E-state index contributed by atoms with van der Waals surface area (Å²) in [5.74, 6) is 6.50. The normalized spacial score (nSPS) is 18.8. The third-order valence-electron chi connectivity index (χ3n) is 29.4. The van der Waals surface area contributed by atoms with Crippen LogP contribution in [0.1, 0.15) is 207 Å². The van der Waals surface area contributed by atoms with Crippen LogP contribution in [0.15, 0.2) is 268 Å². The molecular formula is C121H127N15O6. The smallest absolute Gasteiger partial charge is 0.161 e. The van der Waals surface area contributed by atoms with Gasteiger partial charge in [-0.05, 0) is 306 Å². The zero-order chi connectivity index (χ0) is 96.2. The summed E-state index contributed by atoms with van der Waals surface area (Å²) in [6.07, 6.45) is 31.7. The first kappa shape index (κ1) is 94.4. The molecule has 0 radical (unpaired) electrons. The average Bonchev–Trinajstić information content (AvgIpc) is 1.71. The van der Waals surface area contributed by atoms with Gasteiger partial charge in [0, 0.05) is 183 Å². The first-order valence-electron chi connectivity index (χ1n) is 51.3. The van der Waals surface area contributed by atoms with E-state index in [9.17, 15) is 0 Å². The lowest BCUT2D eigenvalue weighted by atomic mass is 10.0. The van der Waals surface area contributed by atoms with Crippen LogP contribution < -0.4 is 28.4 Å². The molecule has 0 spiro atoms. The number of hydrogen-bond acceptors (Lipinski definition) is 21. The lowest BCUT2D eigenvalue weighted by Crippen LogP contribution is -2.23. The second-order valence-electron chi connectivity index (χ2n) is 39.5. The molecule has 21 heteroatoms. The fraction of sp³-hybridized carbons (Fsp3) is 0.339. The number of hydrogen-bond donors (Lipinski definition) is 0. The molecule has 10 aliphatic heterocycles. The molecule has 0 aliphatic carbocycles. The maximum Gasteiger partial charge on any atom is 0.161 e. The minimum atomic E-state index is 0.424. The molecule has 10 aliphatic rings. The van der Waals surface area contributed by atoms with E-state index in [0.29, 0.717) is 43.4 Å². The third-order valence-corrected chi connectivity index (χ3v) is 29.4. The van der Waals surface area contributed by atoms with E-state index in [0.717, 1.165) is 220 Å². The van der Waals surface area contributed by atoms with Gasteiger partial charge in [0.05, 0.1) is 54.9 Å². The van der Waals surface area contributed by atoms with Crippen molar-refractivity contribution in [3.8, 4) is 90.3 Å². The Bertz CT molecular complexity index is 6510. The Morgan fingerprint density at radius 3 is 0.859 bits per heavy atom. The number of aryl methyl sites for hydroxylation is 6. The zero-order valence-corrected chi connectivity index (χ0v) is 82.7. The summed E-state index contributed by atoms with van der Waals surface area (Å²) in [6.45, 7) is 26.8. The highest BCUT2D eigenvalue weighted by Crippen LogP contribution is 2.45. The van der Waals surface area contributed by atoms with Gasteiger partial charge in [-0.25, -0.2) is 9.97 Å². The number of benzene rings is 6. The maximum absolute atomic E-state index is 5.80. The first-order valence-corrected chi connectivity index (χ1v) is 51.3. The Hall–Kier alpha value is -13.8. The average molecular weight is 1890 g/mol. The van der Waals surface area contributed by atoms with Crippen LogP contribution in [0.3, 0.4) is 0 Å². The minimum Gasteiger partial charge on any atom is -0.491 e. The van der Waals surface area contributed by atoms with Crippen LogP contribution in [0.4, 0.5) is 0 Å². The van der Waals surface area contributed by atoms with Gasteiger partial charge in [0.2, 0.25) is 0 Å². The quantitative estimate of drug-likeness (QED) is 0.0697. The number of nitrogens with zero attached hydrogens (tertiary/aromatic N) is 15. The molecule has 19 heterocycles. The molecule has 722 valence electrons. The van der Waals surface area contributed by atoms with Gasteiger partial charge in [-0.3, -0.25) is 64.4 Å². The van der Waals surface area contributed by atoms with Crippen molar-refractivity contribution in [1.29, 1.82) is 0 Å². The highest BCUT2D eigenvalue weighted by Gasteiger charge is 2.35.